The zero-order valence-corrected chi connectivity index (χ0v) is 18.7. The van der Waals surface area contributed by atoms with Crippen molar-refractivity contribution in [3.63, 3.8) is 0 Å². The normalized spacial score (nSPS) is 12.9. The van der Waals surface area contributed by atoms with Crippen LogP contribution in [0.3, 0.4) is 0 Å². The minimum Gasteiger partial charge on any atom is -0.460 e. The van der Waals surface area contributed by atoms with Crippen molar-refractivity contribution in [1.29, 1.82) is 0 Å². The average molecular weight is 397 g/mol. The van der Waals surface area contributed by atoms with Gasteiger partial charge >= 0.3 is 5.97 Å². The lowest BCUT2D eigenvalue weighted by Crippen LogP contribution is -2.24. The first-order valence-electron chi connectivity index (χ1n) is 10.8. The zero-order valence-electron chi connectivity index (χ0n) is 17.9. The van der Waals surface area contributed by atoms with E-state index in [1.807, 2.05) is 26.2 Å². The number of hydrogen-bond acceptors (Lipinski definition) is 4. The molecule has 1 aromatic rings. The van der Waals surface area contributed by atoms with Gasteiger partial charge in [-0.3, -0.25) is 4.79 Å². The molecule has 0 amide bonds. The molecule has 4 heteroatoms. The first kappa shape index (κ1) is 24.2. The predicted octanol–water partition coefficient (Wildman–Crippen LogP) is 6.98. The summed E-state index contributed by atoms with van der Waals surface area (Å²) in [5, 5.41) is 12.4. The molecule has 0 aliphatic rings. The molecule has 27 heavy (non-hydrogen) atoms. The molecule has 0 saturated carbocycles. The van der Waals surface area contributed by atoms with Crippen LogP contribution in [-0.4, -0.2) is 16.7 Å². The fourth-order valence-electron chi connectivity index (χ4n) is 3.28. The molecular formula is C23H40O3S. The Balaban J connectivity index is 2.22. The van der Waals surface area contributed by atoms with Gasteiger partial charge in [-0.2, -0.15) is 0 Å². The molecule has 3 nitrogen and oxygen atoms in total. The summed E-state index contributed by atoms with van der Waals surface area (Å²) in [6, 6.07) is 2.09. The van der Waals surface area contributed by atoms with Gasteiger partial charge in [0.2, 0.25) is 0 Å². The van der Waals surface area contributed by atoms with Crippen molar-refractivity contribution in [1.82, 2.24) is 0 Å². The summed E-state index contributed by atoms with van der Waals surface area (Å²) in [4.78, 5) is 12.9. The van der Waals surface area contributed by atoms with Crippen molar-refractivity contribution < 1.29 is 14.6 Å². The maximum Gasteiger partial charge on any atom is 0.309 e. The van der Waals surface area contributed by atoms with E-state index in [-0.39, 0.29) is 12.4 Å². The Morgan fingerprint density at radius 1 is 1.04 bits per heavy atom. The second-order valence-corrected chi connectivity index (χ2v) is 9.50. The highest BCUT2D eigenvalue weighted by Crippen LogP contribution is 2.29. The fraction of sp³-hybridized carbons (Fsp3) is 0.783. The number of aryl methyl sites for hydroxylation is 1. The molecule has 0 aliphatic heterocycles. The van der Waals surface area contributed by atoms with Gasteiger partial charge in [-0.1, -0.05) is 64.7 Å². The van der Waals surface area contributed by atoms with E-state index in [0.717, 1.165) is 17.7 Å². The van der Waals surface area contributed by atoms with E-state index >= 15 is 0 Å². The van der Waals surface area contributed by atoms with E-state index in [1.54, 1.807) is 11.3 Å². The molecule has 1 aromatic heterocycles. The van der Waals surface area contributed by atoms with Crippen LogP contribution in [-0.2, 0) is 16.0 Å². The van der Waals surface area contributed by atoms with E-state index in [1.165, 1.54) is 63.4 Å². The van der Waals surface area contributed by atoms with E-state index in [0.29, 0.717) is 0 Å². The second-order valence-electron chi connectivity index (χ2n) is 8.55. The largest absolute Gasteiger partial charge is 0.460 e. The van der Waals surface area contributed by atoms with Gasteiger partial charge in [-0.25, -0.2) is 0 Å². The molecule has 0 aromatic carbocycles. The lowest BCUT2D eigenvalue weighted by Gasteiger charge is -2.20. The molecule has 156 valence electrons. The number of unbranched alkanes of at least 4 members (excludes halogenated alkanes) is 9. The lowest BCUT2D eigenvalue weighted by atomic mass is 10.0. The first-order chi connectivity index (χ1) is 12.8. The standard InChI is InChI=1S/C23H40O3S/c1-5-6-7-8-9-10-11-12-13-14-15-19-16-17-27-22(19)20(24)18-21(25)26-23(2,3)4/h16-17,20,24H,5-15,18H2,1-4H3. The van der Waals surface area contributed by atoms with Crippen LogP contribution in [0.25, 0.3) is 0 Å². The quantitative estimate of drug-likeness (QED) is 0.273. The van der Waals surface area contributed by atoms with Gasteiger partial charge in [0, 0.05) is 4.88 Å². The molecule has 1 heterocycles. The number of thiophene rings is 1. The third-order valence-electron chi connectivity index (χ3n) is 4.66. The molecule has 1 unspecified atom stereocenters. The van der Waals surface area contributed by atoms with Crippen molar-refractivity contribution >= 4 is 17.3 Å². The monoisotopic (exact) mass is 396 g/mol. The summed E-state index contributed by atoms with van der Waals surface area (Å²) in [7, 11) is 0. The Morgan fingerprint density at radius 2 is 1.59 bits per heavy atom. The topological polar surface area (TPSA) is 46.5 Å². The van der Waals surface area contributed by atoms with Crippen molar-refractivity contribution in [2.75, 3.05) is 0 Å². The number of aliphatic hydroxyl groups is 1. The summed E-state index contributed by atoms with van der Waals surface area (Å²) in [6.07, 6.45) is 13.5. The predicted molar refractivity (Wildman–Crippen MR) is 115 cm³/mol. The maximum absolute atomic E-state index is 11.9. The van der Waals surface area contributed by atoms with Crippen LogP contribution in [0, 0.1) is 0 Å². The highest BCUT2D eigenvalue weighted by Gasteiger charge is 2.22. The van der Waals surface area contributed by atoms with Gasteiger partial charge in [0.15, 0.2) is 0 Å². The second kappa shape index (κ2) is 13.3. The van der Waals surface area contributed by atoms with Gasteiger partial charge in [0.1, 0.15) is 5.60 Å². The minimum atomic E-state index is -0.752. The van der Waals surface area contributed by atoms with Crippen LogP contribution in [0.2, 0.25) is 0 Å². The van der Waals surface area contributed by atoms with Crippen LogP contribution in [0.15, 0.2) is 11.4 Å². The number of carbonyl (C=O) groups excluding carboxylic acids is 1. The van der Waals surface area contributed by atoms with E-state index in [9.17, 15) is 9.90 Å². The number of rotatable bonds is 14. The smallest absolute Gasteiger partial charge is 0.309 e. The Bertz CT molecular complexity index is 516. The lowest BCUT2D eigenvalue weighted by molar-refractivity contribution is -0.157. The third kappa shape index (κ3) is 11.5. The average Bonchev–Trinajstić information content (AvgIpc) is 3.03. The maximum atomic E-state index is 11.9. The molecule has 0 saturated heterocycles. The summed E-state index contributed by atoms with van der Waals surface area (Å²) >= 11 is 1.54. The molecule has 0 aliphatic carbocycles. The van der Waals surface area contributed by atoms with Gasteiger partial charge in [0.25, 0.3) is 0 Å². The van der Waals surface area contributed by atoms with Gasteiger partial charge in [0.05, 0.1) is 12.5 Å². The highest BCUT2D eigenvalue weighted by molar-refractivity contribution is 7.10. The SMILES string of the molecule is CCCCCCCCCCCCc1ccsc1C(O)CC(=O)OC(C)(C)C. The number of aliphatic hydroxyl groups excluding tert-OH is 1. The molecule has 0 fully saturated rings. The number of esters is 1. The number of hydrogen-bond donors (Lipinski definition) is 1. The van der Waals surface area contributed by atoms with E-state index < -0.39 is 11.7 Å². The fourth-order valence-corrected chi connectivity index (χ4v) is 4.22. The van der Waals surface area contributed by atoms with Crippen molar-refractivity contribution in [3.8, 4) is 0 Å². The third-order valence-corrected chi connectivity index (χ3v) is 5.72. The molecular weight excluding hydrogens is 356 g/mol. The van der Waals surface area contributed by atoms with E-state index in [2.05, 4.69) is 13.0 Å². The highest BCUT2D eigenvalue weighted by atomic mass is 32.1. The van der Waals surface area contributed by atoms with Crippen molar-refractivity contribution in [2.45, 2.75) is 116 Å². The summed E-state index contributed by atoms with van der Waals surface area (Å²) in [6.45, 7) is 7.80. The first-order valence-corrected chi connectivity index (χ1v) is 11.7. The number of ether oxygens (including phenoxy) is 1. The van der Waals surface area contributed by atoms with Crippen molar-refractivity contribution in [2.24, 2.45) is 0 Å². The molecule has 0 bridgehead atoms. The summed E-state index contributed by atoms with van der Waals surface area (Å²) in [5.41, 5.74) is 0.682. The Kier molecular flexibility index (Phi) is 11.9. The van der Waals surface area contributed by atoms with Crippen molar-refractivity contribution in [3.05, 3.63) is 21.9 Å². The van der Waals surface area contributed by atoms with Gasteiger partial charge in [-0.15, -0.1) is 11.3 Å². The summed E-state index contributed by atoms with van der Waals surface area (Å²) < 4.78 is 5.32. The zero-order chi connectivity index (χ0) is 20.1. The van der Waals surface area contributed by atoms with Crippen LogP contribution >= 0.6 is 11.3 Å². The van der Waals surface area contributed by atoms with E-state index in [4.69, 9.17) is 4.74 Å². The molecule has 0 spiro atoms. The Morgan fingerprint density at radius 3 is 2.15 bits per heavy atom. The summed E-state index contributed by atoms with van der Waals surface area (Å²) in [5.74, 6) is -0.340. The van der Waals surface area contributed by atoms with Crippen LogP contribution < -0.4 is 0 Å². The molecule has 1 N–H and O–H groups in total. The van der Waals surface area contributed by atoms with Crippen LogP contribution in [0.1, 0.15) is 115 Å². The number of carbonyl (C=O) groups is 1. The Hall–Kier alpha value is -0.870. The molecule has 1 atom stereocenters. The molecule has 1 rings (SSSR count). The minimum absolute atomic E-state index is 0.0306. The van der Waals surface area contributed by atoms with Gasteiger partial charge in [-0.05, 0) is 50.6 Å². The molecule has 0 radical (unpaired) electrons. The van der Waals surface area contributed by atoms with Crippen LogP contribution in [0.4, 0.5) is 0 Å². The van der Waals surface area contributed by atoms with Gasteiger partial charge < -0.3 is 9.84 Å². The Labute approximate surface area is 170 Å². The van der Waals surface area contributed by atoms with Crippen LogP contribution in [0.5, 0.6) is 0 Å².